The van der Waals surface area contributed by atoms with Gasteiger partial charge in [-0.15, -0.1) is 0 Å². The van der Waals surface area contributed by atoms with E-state index in [0.29, 0.717) is 18.2 Å². The van der Waals surface area contributed by atoms with Gasteiger partial charge in [0, 0.05) is 30.7 Å². The fraction of sp³-hybridized carbons (Fsp3) is 0.750. The van der Waals surface area contributed by atoms with Crippen molar-refractivity contribution in [2.24, 2.45) is 0 Å². The molecule has 0 bridgehead atoms. The standard InChI is InChI=1S/C12H22N2O2/c1-9(12(15)16)6-7-13-8-10(2)14(3)11-4-5-11/h6,10-11,13H,4-5,7-8H2,1-3H3,(H,15,16)/b9-6-. The van der Waals surface area contributed by atoms with E-state index in [1.54, 1.807) is 13.0 Å². The molecule has 4 nitrogen and oxygen atoms in total. The molecule has 1 unspecified atom stereocenters. The van der Waals surface area contributed by atoms with Crippen molar-refractivity contribution in [3.8, 4) is 0 Å². The van der Waals surface area contributed by atoms with Crippen LogP contribution in [0.4, 0.5) is 0 Å². The molecule has 0 aromatic rings. The first-order valence-electron chi connectivity index (χ1n) is 5.85. The van der Waals surface area contributed by atoms with Crippen LogP contribution in [-0.2, 0) is 4.79 Å². The second kappa shape index (κ2) is 6.01. The number of carboxylic acids is 1. The molecule has 1 aliphatic rings. The third-order valence-corrected chi connectivity index (χ3v) is 3.15. The molecule has 1 aliphatic carbocycles. The van der Waals surface area contributed by atoms with Gasteiger partial charge in [0.25, 0.3) is 0 Å². The van der Waals surface area contributed by atoms with E-state index in [0.717, 1.165) is 12.6 Å². The van der Waals surface area contributed by atoms with Gasteiger partial charge in [-0.05, 0) is 33.7 Å². The molecule has 0 aliphatic heterocycles. The zero-order chi connectivity index (χ0) is 12.1. The van der Waals surface area contributed by atoms with Gasteiger partial charge in [0.05, 0.1) is 0 Å². The molecule has 16 heavy (non-hydrogen) atoms. The number of aliphatic carboxylic acids is 1. The Labute approximate surface area is 97.3 Å². The van der Waals surface area contributed by atoms with Crippen molar-refractivity contribution in [1.82, 2.24) is 10.2 Å². The molecule has 4 heteroatoms. The molecular weight excluding hydrogens is 204 g/mol. The SMILES string of the molecule is C/C(=C/CNCC(C)N(C)C1CC1)C(=O)O. The Kier molecular flexibility index (Phi) is 4.96. The fourth-order valence-corrected chi connectivity index (χ4v) is 1.59. The number of likely N-dealkylation sites (N-methyl/N-ethyl adjacent to an activating group) is 1. The Morgan fingerprint density at radius 3 is 2.75 bits per heavy atom. The van der Waals surface area contributed by atoms with Crippen LogP contribution in [0.2, 0.25) is 0 Å². The van der Waals surface area contributed by atoms with Gasteiger partial charge in [0.1, 0.15) is 0 Å². The van der Waals surface area contributed by atoms with Gasteiger partial charge in [0.15, 0.2) is 0 Å². The summed E-state index contributed by atoms with van der Waals surface area (Å²) in [6, 6.07) is 1.28. The van der Waals surface area contributed by atoms with E-state index >= 15 is 0 Å². The van der Waals surface area contributed by atoms with Crippen molar-refractivity contribution < 1.29 is 9.90 Å². The quantitative estimate of drug-likeness (QED) is 0.504. The Bertz CT molecular complexity index is 272. The van der Waals surface area contributed by atoms with Crippen LogP contribution in [0.15, 0.2) is 11.6 Å². The van der Waals surface area contributed by atoms with Crippen LogP contribution in [0.5, 0.6) is 0 Å². The van der Waals surface area contributed by atoms with E-state index < -0.39 is 5.97 Å². The van der Waals surface area contributed by atoms with E-state index in [9.17, 15) is 4.79 Å². The van der Waals surface area contributed by atoms with Crippen LogP contribution < -0.4 is 5.32 Å². The van der Waals surface area contributed by atoms with E-state index in [1.165, 1.54) is 12.8 Å². The van der Waals surface area contributed by atoms with E-state index in [-0.39, 0.29) is 0 Å². The average molecular weight is 226 g/mol. The van der Waals surface area contributed by atoms with Crippen molar-refractivity contribution in [3.05, 3.63) is 11.6 Å². The number of carboxylic acid groups (broad SMARTS) is 1. The first-order valence-corrected chi connectivity index (χ1v) is 5.85. The highest BCUT2D eigenvalue weighted by atomic mass is 16.4. The maximum Gasteiger partial charge on any atom is 0.330 e. The van der Waals surface area contributed by atoms with Gasteiger partial charge in [-0.1, -0.05) is 6.08 Å². The normalized spacial score (nSPS) is 18.9. The van der Waals surface area contributed by atoms with Gasteiger partial charge >= 0.3 is 5.97 Å². The molecule has 0 amide bonds. The monoisotopic (exact) mass is 226 g/mol. The third-order valence-electron chi connectivity index (χ3n) is 3.15. The van der Waals surface area contributed by atoms with Crippen LogP contribution in [0.1, 0.15) is 26.7 Å². The van der Waals surface area contributed by atoms with E-state index in [2.05, 4.69) is 24.2 Å². The predicted molar refractivity (Wildman–Crippen MR) is 64.5 cm³/mol. The van der Waals surface area contributed by atoms with Crippen molar-refractivity contribution in [2.45, 2.75) is 38.8 Å². The highest BCUT2D eigenvalue weighted by molar-refractivity contribution is 5.85. The van der Waals surface area contributed by atoms with E-state index in [1.807, 2.05) is 0 Å². The lowest BCUT2D eigenvalue weighted by molar-refractivity contribution is -0.132. The van der Waals surface area contributed by atoms with Crippen LogP contribution in [-0.4, -0.2) is 48.2 Å². The lowest BCUT2D eigenvalue weighted by Crippen LogP contribution is -2.39. The molecular formula is C12H22N2O2. The second-order valence-electron chi connectivity index (χ2n) is 4.60. The highest BCUT2D eigenvalue weighted by Crippen LogP contribution is 2.26. The van der Waals surface area contributed by atoms with Crippen molar-refractivity contribution in [3.63, 3.8) is 0 Å². The van der Waals surface area contributed by atoms with E-state index in [4.69, 9.17) is 5.11 Å². The Balaban J connectivity index is 2.14. The number of rotatable bonds is 7. The maximum atomic E-state index is 10.5. The largest absolute Gasteiger partial charge is 0.478 e. The minimum absolute atomic E-state index is 0.399. The zero-order valence-electron chi connectivity index (χ0n) is 10.4. The zero-order valence-corrected chi connectivity index (χ0v) is 10.4. The van der Waals surface area contributed by atoms with Crippen molar-refractivity contribution >= 4 is 5.97 Å². The lowest BCUT2D eigenvalue weighted by Gasteiger charge is -2.24. The van der Waals surface area contributed by atoms with Crippen LogP contribution in [0.3, 0.4) is 0 Å². The molecule has 0 aromatic heterocycles. The van der Waals surface area contributed by atoms with Gasteiger partial charge < -0.3 is 10.4 Å². The van der Waals surface area contributed by atoms with Gasteiger partial charge in [0.2, 0.25) is 0 Å². The summed E-state index contributed by atoms with van der Waals surface area (Å²) >= 11 is 0. The van der Waals surface area contributed by atoms with Crippen molar-refractivity contribution in [1.29, 1.82) is 0 Å². The molecule has 0 radical (unpaired) electrons. The summed E-state index contributed by atoms with van der Waals surface area (Å²) in [5.74, 6) is -0.843. The van der Waals surface area contributed by atoms with Crippen LogP contribution >= 0.6 is 0 Å². The fourth-order valence-electron chi connectivity index (χ4n) is 1.59. The number of carbonyl (C=O) groups is 1. The summed E-state index contributed by atoms with van der Waals surface area (Å²) in [5, 5.41) is 11.9. The molecule has 0 spiro atoms. The smallest absolute Gasteiger partial charge is 0.330 e. The first-order chi connectivity index (χ1) is 7.52. The molecule has 92 valence electrons. The van der Waals surface area contributed by atoms with Gasteiger partial charge in [-0.2, -0.15) is 0 Å². The molecule has 1 rings (SSSR count). The predicted octanol–water partition coefficient (Wildman–Crippen LogP) is 1.09. The molecule has 1 saturated carbocycles. The molecule has 2 N–H and O–H groups in total. The summed E-state index contributed by atoms with van der Waals surface area (Å²) < 4.78 is 0. The van der Waals surface area contributed by atoms with Crippen LogP contribution in [0.25, 0.3) is 0 Å². The molecule has 0 saturated heterocycles. The minimum atomic E-state index is -0.843. The lowest BCUT2D eigenvalue weighted by atomic mass is 10.2. The topological polar surface area (TPSA) is 52.6 Å². The molecule has 1 fully saturated rings. The number of nitrogens with one attached hydrogen (secondary N) is 1. The second-order valence-corrected chi connectivity index (χ2v) is 4.60. The number of hydrogen-bond donors (Lipinski definition) is 2. The Morgan fingerprint density at radius 1 is 1.62 bits per heavy atom. The summed E-state index contributed by atoms with van der Waals surface area (Å²) in [5.41, 5.74) is 0.399. The third kappa shape index (κ3) is 4.33. The summed E-state index contributed by atoms with van der Waals surface area (Å²) in [6.45, 7) is 5.33. The van der Waals surface area contributed by atoms with Crippen molar-refractivity contribution in [2.75, 3.05) is 20.1 Å². The Hall–Kier alpha value is -0.870. The van der Waals surface area contributed by atoms with Crippen LogP contribution in [0, 0.1) is 0 Å². The summed E-state index contributed by atoms with van der Waals surface area (Å²) in [7, 11) is 2.16. The number of hydrogen-bond acceptors (Lipinski definition) is 3. The summed E-state index contributed by atoms with van der Waals surface area (Å²) in [4.78, 5) is 12.9. The average Bonchev–Trinajstić information content (AvgIpc) is 3.06. The number of nitrogens with zero attached hydrogens (tertiary/aromatic N) is 1. The molecule has 0 heterocycles. The first kappa shape index (κ1) is 13.2. The van der Waals surface area contributed by atoms with Gasteiger partial charge in [-0.25, -0.2) is 4.79 Å². The van der Waals surface area contributed by atoms with Gasteiger partial charge in [-0.3, -0.25) is 4.90 Å². The highest BCUT2D eigenvalue weighted by Gasteiger charge is 2.28. The summed E-state index contributed by atoms with van der Waals surface area (Å²) in [6.07, 6.45) is 4.35. The molecule has 1 atom stereocenters. The Morgan fingerprint density at radius 2 is 2.25 bits per heavy atom. The minimum Gasteiger partial charge on any atom is -0.478 e. The molecule has 0 aromatic carbocycles. The maximum absolute atomic E-state index is 10.5.